The molecule has 0 saturated carbocycles. The van der Waals surface area contributed by atoms with Gasteiger partial charge in [-0.05, 0) is 81.9 Å². The van der Waals surface area contributed by atoms with Crippen LogP contribution in [0.3, 0.4) is 0 Å². The van der Waals surface area contributed by atoms with Crippen LogP contribution in [0.1, 0.15) is 90.9 Å². The van der Waals surface area contributed by atoms with E-state index in [9.17, 15) is 9.59 Å². The molecule has 0 unspecified atom stereocenters. The molecular weight excluding hydrogens is 663 g/mol. The van der Waals surface area contributed by atoms with Crippen molar-refractivity contribution < 1.29 is 19.1 Å². The summed E-state index contributed by atoms with van der Waals surface area (Å²) in [6.07, 6.45) is 11.2. The summed E-state index contributed by atoms with van der Waals surface area (Å²) in [6.45, 7) is 4.36. The Bertz CT molecular complexity index is 2020. The molecular formula is C44H44Cl2O4. The van der Waals surface area contributed by atoms with Gasteiger partial charge in [-0.1, -0.05) is 137 Å². The first-order chi connectivity index (χ1) is 24.4. The molecule has 0 fully saturated rings. The number of rotatable bonds is 15. The normalized spacial score (nSPS) is 11.5. The van der Waals surface area contributed by atoms with E-state index >= 15 is 0 Å². The lowest BCUT2D eigenvalue weighted by molar-refractivity contribution is -0.135. The smallest absolute Gasteiger partial charge is 0.311 e. The summed E-state index contributed by atoms with van der Waals surface area (Å²) < 4.78 is 12.5. The molecule has 0 aliphatic carbocycles. The first-order valence-corrected chi connectivity index (χ1v) is 18.9. The molecule has 6 aromatic rings. The van der Waals surface area contributed by atoms with Crippen molar-refractivity contribution in [3.05, 3.63) is 95.0 Å². The topological polar surface area (TPSA) is 52.6 Å². The van der Waals surface area contributed by atoms with Crippen molar-refractivity contribution in [3.63, 3.8) is 0 Å². The minimum atomic E-state index is -0.241. The Kier molecular flexibility index (Phi) is 11.9. The number of unbranched alkanes of at least 4 members (excludes halogenated alkanes) is 8. The highest BCUT2D eigenvalue weighted by molar-refractivity contribution is 6.34. The van der Waals surface area contributed by atoms with Gasteiger partial charge in [0.05, 0.1) is 0 Å². The van der Waals surface area contributed by atoms with Gasteiger partial charge in [-0.25, -0.2) is 0 Å². The second-order valence-corrected chi connectivity index (χ2v) is 14.0. The number of carbonyl (C=O) groups excluding carboxylic acids is 2. The molecule has 50 heavy (non-hydrogen) atoms. The lowest BCUT2D eigenvalue weighted by atomic mass is 9.85. The average Bonchev–Trinajstić information content (AvgIpc) is 3.12. The van der Waals surface area contributed by atoms with Gasteiger partial charge in [-0.15, -0.1) is 0 Å². The van der Waals surface area contributed by atoms with Crippen molar-refractivity contribution in [1.82, 2.24) is 0 Å². The highest BCUT2D eigenvalue weighted by Crippen LogP contribution is 2.50. The number of hydrogen-bond donors (Lipinski definition) is 0. The molecule has 0 radical (unpaired) electrons. The summed E-state index contributed by atoms with van der Waals surface area (Å²) in [5.41, 5.74) is 1.88. The molecule has 0 heterocycles. The van der Waals surface area contributed by atoms with E-state index in [1.165, 1.54) is 12.8 Å². The molecule has 0 saturated heterocycles. The first-order valence-electron chi connectivity index (χ1n) is 18.1. The van der Waals surface area contributed by atoms with Gasteiger partial charge in [0.1, 0.15) is 11.5 Å². The number of esters is 2. The van der Waals surface area contributed by atoms with Crippen molar-refractivity contribution in [2.24, 2.45) is 0 Å². The van der Waals surface area contributed by atoms with Gasteiger partial charge in [0.2, 0.25) is 0 Å². The Balaban J connectivity index is 1.54. The predicted octanol–water partition coefficient (Wildman–Crippen LogP) is 13.8. The molecule has 6 aromatic carbocycles. The van der Waals surface area contributed by atoms with Gasteiger partial charge in [0.15, 0.2) is 0 Å². The van der Waals surface area contributed by atoms with E-state index in [0.717, 1.165) is 106 Å². The highest BCUT2D eigenvalue weighted by Gasteiger charge is 2.24. The molecule has 4 nitrogen and oxygen atoms in total. The van der Waals surface area contributed by atoms with Crippen LogP contribution < -0.4 is 9.47 Å². The van der Waals surface area contributed by atoms with Gasteiger partial charge >= 0.3 is 11.9 Å². The van der Waals surface area contributed by atoms with Crippen LogP contribution in [0.4, 0.5) is 0 Å². The number of carbonyl (C=O) groups is 2. The van der Waals surface area contributed by atoms with E-state index in [-0.39, 0.29) is 11.9 Å². The minimum absolute atomic E-state index is 0.241. The van der Waals surface area contributed by atoms with E-state index in [1.54, 1.807) is 0 Å². The Morgan fingerprint density at radius 2 is 0.820 bits per heavy atom. The second kappa shape index (κ2) is 16.7. The molecule has 0 N–H and O–H groups in total. The fourth-order valence-corrected chi connectivity index (χ4v) is 7.40. The fraction of sp³-hybridized carbons (Fsp3) is 0.318. The zero-order chi connectivity index (χ0) is 35.0. The SMILES string of the molecule is CCCCCCCC(=O)Oc1c2ccccc2c(-c2c3ccccc3c(OC(=O)CCCCCCC)c3ccc(Cl)cc23)c2cc(Cl)ccc12. The van der Waals surface area contributed by atoms with Crippen molar-refractivity contribution in [2.45, 2.75) is 90.9 Å². The third-order valence-corrected chi connectivity index (χ3v) is 9.99. The zero-order valence-corrected chi connectivity index (χ0v) is 30.5. The predicted molar refractivity (Wildman–Crippen MR) is 210 cm³/mol. The number of ether oxygens (including phenoxy) is 2. The molecule has 0 atom stereocenters. The molecule has 0 aliphatic heterocycles. The molecule has 0 aliphatic rings. The van der Waals surface area contributed by atoms with E-state index < -0.39 is 0 Å². The maximum Gasteiger partial charge on any atom is 0.311 e. The van der Waals surface area contributed by atoms with Crippen molar-refractivity contribution >= 4 is 78.2 Å². The molecule has 6 rings (SSSR count). The number of halogens is 2. The van der Waals surface area contributed by atoms with Gasteiger partial charge in [-0.3, -0.25) is 9.59 Å². The van der Waals surface area contributed by atoms with Crippen LogP contribution in [0.5, 0.6) is 11.5 Å². The van der Waals surface area contributed by atoms with Crippen molar-refractivity contribution in [1.29, 1.82) is 0 Å². The molecule has 258 valence electrons. The Labute approximate surface area is 304 Å². The molecule has 6 heteroatoms. The third-order valence-electron chi connectivity index (χ3n) is 9.52. The van der Waals surface area contributed by atoms with Crippen LogP contribution in [0, 0.1) is 0 Å². The first kappa shape index (κ1) is 35.7. The Morgan fingerprint density at radius 3 is 1.22 bits per heavy atom. The average molecular weight is 708 g/mol. The van der Waals surface area contributed by atoms with Crippen LogP contribution >= 0.6 is 23.2 Å². The summed E-state index contributed by atoms with van der Waals surface area (Å²) in [5, 5.41) is 7.91. The Hall–Kier alpha value is -4.12. The van der Waals surface area contributed by atoms with Crippen LogP contribution in [0.2, 0.25) is 10.0 Å². The highest BCUT2D eigenvalue weighted by atomic mass is 35.5. The summed E-state index contributed by atoms with van der Waals surface area (Å²) in [7, 11) is 0. The fourth-order valence-electron chi connectivity index (χ4n) is 7.06. The summed E-state index contributed by atoms with van der Waals surface area (Å²) in [4.78, 5) is 26.5. The van der Waals surface area contributed by atoms with Crippen LogP contribution in [0.15, 0.2) is 84.9 Å². The summed E-state index contributed by atoms with van der Waals surface area (Å²) in [5.74, 6) is 0.584. The summed E-state index contributed by atoms with van der Waals surface area (Å²) >= 11 is 13.4. The van der Waals surface area contributed by atoms with E-state index in [2.05, 4.69) is 26.0 Å². The standard InChI is InChI=1S/C44H44Cl2O4/c1-3-5-7-9-11-21-39(47)49-43-33-19-15-13-17-31(33)41(37-27-29(45)23-25-35(37)43)42-32-18-14-16-20-34(32)44(36-26-24-30(46)28-38(36)42)50-40(48)22-12-10-8-6-4-2/h13-20,23-28H,3-12,21-22H2,1-2H3. The van der Waals surface area contributed by atoms with E-state index in [0.29, 0.717) is 34.4 Å². The summed E-state index contributed by atoms with van der Waals surface area (Å²) in [6, 6.07) is 27.5. The van der Waals surface area contributed by atoms with Crippen LogP contribution in [0.25, 0.3) is 54.2 Å². The zero-order valence-electron chi connectivity index (χ0n) is 29.0. The number of hydrogen-bond acceptors (Lipinski definition) is 4. The second-order valence-electron chi connectivity index (χ2n) is 13.2. The quantitative estimate of drug-likeness (QED) is 0.0461. The van der Waals surface area contributed by atoms with Gasteiger partial charge in [0, 0.05) is 44.4 Å². The number of benzene rings is 6. The molecule has 0 amide bonds. The maximum atomic E-state index is 13.3. The van der Waals surface area contributed by atoms with E-state index in [4.69, 9.17) is 32.7 Å². The van der Waals surface area contributed by atoms with Crippen LogP contribution in [-0.2, 0) is 9.59 Å². The maximum absolute atomic E-state index is 13.3. The molecule has 0 bridgehead atoms. The van der Waals surface area contributed by atoms with Crippen molar-refractivity contribution in [3.8, 4) is 22.6 Å². The van der Waals surface area contributed by atoms with Gasteiger partial charge in [-0.2, -0.15) is 0 Å². The monoisotopic (exact) mass is 706 g/mol. The lowest BCUT2D eigenvalue weighted by Crippen LogP contribution is -2.09. The molecule has 0 aromatic heterocycles. The van der Waals surface area contributed by atoms with Gasteiger partial charge < -0.3 is 9.47 Å². The third kappa shape index (κ3) is 7.77. The van der Waals surface area contributed by atoms with Gasteiger partial charge in [0.25, 0.3) is 0 Å². The minimum Gasteiger partial charge on any atom is -0.425 e. The van der Waals surface area contributed by atoms with Crippen molar-refractivity contribution in [2.75, 3.05) is 0 Å². The van der Waals surface area contributed by atoms with E-state index in [1.807, 2.05) is 72.8 Å². The Morgan fingerprint density at radius 1 is 0.460 bits per heavy atom. The molecule has 0 spiro atoms. The lowest BCUT2D eigenvalue weighted by Gasteiger charge is -2.21. The largest absolute Gasteiger partial charge is 0.425 e. The number of fused-ring (bicyclic) bond motifs is 4. The van der Waals surface area contributed by atoms with Crippen LogP contribution in [-0.4, -0.2) is 11.9 Å².